The molecule has 2 heterocycles. The Morgan fingerprint density at radius 2 is 1.95 bits per heavy atom. The van der Waals surface area contributed by atoms with Crippen LogP contribution in [0.25, 0.3) is 20.8 Å². The number of carbonyl (C=O) groups is 1. The molecule has 1 aliphatic rings. The van der Waals surface area contributed by atoms with Crippen LogP contribution in [0.15, 0.2) is 48.5 Å². The molecule has 5 rings (SSSR count). The summed E-state index contributed by atoms with van der Waals surface area (Å²) < 4.78 is 11.9. The van der Waals surface area contributed by atoms with Gasteiger partial charge in [0, 0.05) is 19.1 Å². The van der Waals surface area contributed by atoms with Crippen LogP contribution in [0.5, 0.6) is 0 Å². The lowest BCUT2D eigenvalue weighted by atomic mass is 10.1. The Balaban J connectivity index is 1.48. The van der Waals surface area contributed by atoms with Gasteiger partial charge in [-0.2, -0.15) is 4.98 Å². The molecule has 1 saturated carbocycles. The van der Waals surface area contributed by atoms with Crippen LogP contribution in [-0.4, -0.2) is 69.2 Å². The van der Waals surface area contributed by atoms with Gasteiger partial charge in [-0.25, -0.2) is 14.8 Å². The molecule has 2 aromatic heterocycles. The number of hydrogen-bond donors (Lipinski definition) is 4. The minimum absolute atomic E-state index is 0.0857. The predicted molar refractivity (Wildman–Crippen MR) is 159 cm³/mol. The number of aliphatic hydroxyl groups is 2. The van der Waals surface area contributed by atoms with Crippen molar-refractivity contribution in [1.29, 1.82) is 0 Å². The van der Waals surface area contributed by atoms with Crippen molar-refractivity contribution in [2.24, 2.45) is 5.92 Å². The number of hydrogen-bond acceptors (Lipinski definition) is 11. The monoisotopic (exact) mass is 577 g/mol. The topological polar surface area (TPSA) is 139 Å². The second-order valence-electron chi connectivity index (χ2n) is 10.5. The van der Waals surface area contributed by atoms with E-state index in [4.69, 9.17) is 24.4 Å². The Kier molecular flexibility index (Phi) is 8.79. The van der Waals surface area contributed by atoms with Crippen LogP contribution in [0.4, 0.5) is 11.8 Å². The third kappa shape index (κ3) is 6.33. The number of rotatable bonds is 10. The van der Waals surface area contributed by atoms with Crippen molar-refractivity contribution < 1.29 is 24.5 Å². The van der Waals surface area contributed by atoms with Gasteiger partial charge in [0.25, 0.3) is 0 Å². The lowest BCUT2D eigenvalue weighted by Crippen LogP contribution is -2.39. The Hall–Kier alpha value is -3.64. The lowest BCUT2D eigenvalue weighted by molar-refractivity contribution is -0.0769. The van der Waals surface area contributed by atoms with Crippen LogP contribution >= 0.6 is 11.3 Å². The number of aromatic nitrogens is 3. The maximum Gasteiger partial charge on any atom is 0.337 e. The van der Waals surface area contributed by atoms with Crippen LogP contribution < -0.4 is 10.6 Å². The molecule has 2 aromatic carbocycles. The highest BCUT2D eigenvalue weighted by atomic mass is 32.1. The zero-order chi connectivity index (χ0) is 29.1. The second-order valence-corrected chi connectivity index (χ2v) is 11.5. The van der Waals surface area contributed by atoms with Gasteiger partial charge in [-0.05, 0) is 57.0 Å². The smallest absolute Gasteiger partial charge is 0.337 e. The summed E-state index contributed by atoms with van der Waals surface area (Å²) in [6, 6.07) is 14.7. The summed E-state index contributed by atoms with van der Waals surface area (Å²) in [6.45, 7) is 6.04. The first-order chi connectivity index (χ1) is 19.8. The first-order valence-corrected chi connectivity index (χ1v) is 14.5. The second kappa shape index (κ2) is 12.5. The van der Waals surface area contributed by atoms with Crippen LogP contribution in [-0.2, 0) is 16.0 Å². The van der Waals surface area contributed by atoms with E-state index >= 15 is 0 Å². The highest BCUT2D eigenvalue weighted by Crippen LogP contribution is 2.38. The van der Waals surface area contributed by atoms with Gasteiger partial charge in [0.2, 0.25) is 5.95 Å². The summed E-state index contributed by atoms with van der Waals surface area (Å²) in [5.74, 6) is 0.313. The Labute approximate surface area is 242 Å². The minimum atomic E-state index is -0.842. The molecule has 4 aromatic rings. The molecule has 0 spiro atoms. The average Bonchev–Trinajstić information content (AvgIpc) is 3.51. The number of methoxy groups -OCH3 is 1. The number of nitrogens with zero attached hydrogens (tertiary/aromatic N) is 3. The Morgan fingerprint density at radius 1 is 1.15 bits per heavy atom. The van der Waals surface area contributed by atoms with Crippen molar-refractivity contribution in [2.45, 2.75) is 58.1 Å². The number of benzene rings is 2. The van der Waals surface area contributed by atoms with Gasteiger partial charge >= 0.3 is 5.97 Å². The van der Waals surface area contributed by atoms with Crippen molar-refractivity contribution in [3.63, 3.8) is 0 Å². The van der Waals surface area contributed by atoms with E-state index in [-0.39, 0.29) is 18.6 Å². The summed E-state index contributed by atoms with van der Waals surface area (Å²) in [5.41, 5.74) is 3.69. The molecule has 1 aliphatic carbocycles. The SMILES string of the molecule is COC(=O)c1cccc(CNc2nc(C)c(-c3nc4ccccc4s3)c(N[C@@H]3C[C@H](CO)C(OC(C)C)C3O)n2)c1. The van der Waals surface area contributed by atoms with Crippen molar-refractivity contribution in [3.05, 3.63) is 65.4 Å². The molecular weight excluding hydrogens is 542 g/mol. The summed E-state index contributed by atoms with van der Waals surface area (Å²) in [5, 5.41) is 28.7. The zero-order valence-corrected chi connectivity index (χ0v) is 24.3. The van der Waals surface area contributed by atoms with Crippen LogP contribution in [0, 0.1) is 12.8 Å². The fourth-order valence-electron chi connectivity index (χ4n) is 5.21. The number of para-hydroxylation sites is 1. The van der Waals surface area contributed by atoms with Crippen molar-refractivity contribution in [3.8, 4) is 10.6 Å². The number of aliphatic hydroxyl groups excluding tert-OH is 2. The number of esters is 1. The van der Waals surface area contributed by atoms with Gasteiger partial charge in [-0.1, -0.05) is 24.3 Å². The zero-order valence-electron chi connectivity index (χ0n) is 23.5. The molecule has 41 heavy (non-hydrogen) atoms. The molecule has 0 saturated heterocycles. The standard InChI is InChI=1S/C30H35N5O5S/c1-16(2)40-26-20(15-36)13-22(25(26)37)33-27-24(28-34-21-10-5-6-11-23(21)41-28)17(3)32-30(35-27)31-14-18-8-7-9-19(12-18)29(38)39-4/h5-12,16,20,22,25-26,36-37H,13-15H2,1-4H3,(H2,31,32,33,35)/t20-,22-,25?,26?/m1/s1. The quantitative estimate of drug-likeness (QED) is 0.201. The maximum absolute atomic E-state index is 12.0. The van der Waals surface area contributed by atoms with Gasteiger partial charge in [0.1, 0.15) is 16.9 Å². The molecule has 4 N–H and O–H groups in total. The third-order valence-corrected chi connectivity index (χ3v) is 8.21. The third-order valence-electron chi connectivity index (χ3n) is 7.15. The number of ether oxygens (including phenoxy) is 2. The fraction of sp³-hybridized carbons (Fsp3) is 0.400. The van der Waals surface area contributed by atoms with Crippen molar-refractivity contribution in [2.75, 3.05) is 24.4 Å². The molecule has 1 fully saturated rings. The maximum atomic E-state index is 12.0. The Morgan fingerprint density at radius 3 is 2.68 bits per heavy atom. The highest BCUT2D eigenvalue weighted by Gasteiger charge is 2.44. The van der Waals surface area contributed by atoms with E-state index in [1.165, 1.54) is 7.11 Å². The summed E-state index contributed by atoms with van der Waals surface area (Å²) in [4.78, 5) is 26.4. The van der Waals surface area contributed by atoms with Crippen LogP contribution in [0.1, 0.15) is 41.9 Å². The first-order valence-electron chi connectivity index (χ1n) is 13.6. The molecule has 0 amide bonds. The molecule has 0 aliphatic heterocycles. The number of aryl methyl sites for hydroxylation is 1. The molecule has 4 atom stereocenters. The van der Waals surface area contributed by atoms with E-state index in [2.05, 4.69) is 10.6 Å². The molecule has 2 unspecified atom stereocenters. The van der Waals surface area contributed by atoms with Gasteiger partial charge in [0.15, 0.2) is 0 Å². The molecular formula is C30H35N5O5S. The number of nitrogens with one attached hydrogen (secondary N) is 2. The number of anilines is 2. The van der Waals surface area contributed by atoms with E-state index in [0.717, 1.165) is 26.4 Å². The van der Waals surface area contributed by atoms with Crippen LogP contribution in [0.3, 0.4) is 0 Å². The predicted octanol–water partition coefficient (Wildman–Crippen LogP) is 4.41. The molecule has 216 valence electrons. The molecule has 0 bridgehead atoms. The van der Waals surface area contributed by atoms with Crippen molar-refractivity contribution >= 4 is 39.3 Å². The minimum Gasteiger partial charge on any atom is -0.465 e. The van der Waals surface area contributed by atoms with Gasteiger partial charge < -0.3 is 30.3 Å². The molecule has 0 radical (unpaired) electrons. The molecule has 10 nitrogen and oxygen atoms in total. The Bertz CT molecular complexity index is 1490. The highest BCUT2D eigenvalue weighted by molar-refractivity contribution is 7.21. The van der Waals surface area contributed by atoms with Crippen LogP contribution in [0.2, 0.25) is 0 Å². The van der Waals surface area contributed by atoms with Gasteiger partial charge in [-0.3, -0.25) is 0 Å². The summed E-state index contributed by atoms with van der Waals surface area (Å²) in [6.07, 6.45) is -0.910. The van der Waals surface area contributed by atoms with E-state index in [9.17, 15) is 15.0 Å². The summed E-state index contributed by atoms with van der Waals surface area (Å²) >= 11 is 1.55. The largest absolute Gasteiger partial charge is 0.465 e. The van der Waals surface area contributed by atoms with E-state index in [1.54, 1.807) is 29.5 Å². The van der Waals surface area contributed by atoms with Gasteiger partial charge in [0.05, 0.1) is 52.4 Å². The fourth-order valence-corrected chi connectivity index (χ4v) is 6.27. The van der Waals surface area contributed by atoms with E-state index in [1.807, 2.05) is 51.1 Å². The molecule has 11 heteroatoms. The normalized spacial score (nSPS) is 20.5. The van der Waals surface area contributed by atoms with E-state index < -0.39 is 24.2 Å². The number of fused-ring (bicyclic) bond motifs is 1. The van der Waals surface area contributed by atoms with Gasteiger partial charge in [-0.15, -0.1) is 11.3 Å². The van der Waals surface area contributed by atoms with E-state index in [0.29, 0.717) is 36.0 Å². The number of carbonyl (C=O) groups excluding carboxylic acids is 1. The average molecular weight is 578 g/mol. The summed E-state index contributed by atoms with van der Waals surface area (Å²) in [7, 11) is 1.35. The number of thiazole rings is 1. The first kappa shape index (κ1) is 28.9. The lowest BCUT2D eigenvalue weighted by Gasteiger charge is -2.25. The van der Waals surface area contributed by atoms with Crippen molar-refractivity contribution in [1.82, 2.24) is 15.0 Å².